The molecule has 0 N–H and O–H groups in total. The summed E-state index contributed by atoms with van der Waals surface area (Å²) in [7, 11) is 1.36. The van der Waals surface area contributed by atoms with Crippen LogP contribution in [0.3, 0.4) is 0 Å². The average Bonchev–Trinajstić information content (AvgIpc) is 2.16. The summed E-state index contributed by atoms with van der Waals surface area (Å²) >= 11 is 7.25. The monoisotopic (exact) mass is 216 g/mol. The van der Waals surface area contributed by atoms with E-state index in [1.807, 2.05) is 6.26 Å². The zero-order valence-electron chi connectivity index (χ0n) is 7.33. The molecule has 0 aromatic heterocycles. The largest absolute Gasteiger partial charge is 0.465 e. The lowest BCUT2D eigenvalue weighted by atomic mass is 10.2. The van der Waals surface area contributed by atoms with Gasteiger partial charge in [-0.2, -0.15) is 0 Å². The van der Waals surface area contributed by atoms with Crippen molar-refractivity contribution in [2.45, 2.75) is 4.90 Å². The van der Waals surface area contributed by atoms with Crippen LogP contribution < -0.4 is 0 Å². The smallest absolute Gasteiger partial charge is 0.338 e. The summed E-state index contributed by atoms with van der Waals surface area (Å²) in [5, 5.41) is 0.622. The van der Waals surface area contributed by atoms with E-state index in [9.17, 15) is 4.79 Å². The van der Waals surface area contributed by atoms with Crippen molar-refractivity contribution in [2.24, 2.45) is 0 Å². The Morgan fingerprint density at radius 3 is 2.77 bits per heavy atom. The van der Waals surface area contributed by atoms with Gasteiger partial charge >= 0.3 is 5.97 Å². The normalized spacial score (nSPS) is 9.77. The van der Waals surface area contributed by atoms with E-state index in [0.29, 0.717) is 10.6 Å². The summed E-state index contributed by atoms with van der Waals surface area (Å²) in [6.07, 6.45) is 1.89. The number of thioether (sulfide) groups is 1. The first-order valence-electron chi connectivity index (χ1n) is 3.61. The van der Waals surface area contributed by atoms with E-state index in [2.05, 4.69) is 4.74 Å². The lowest BCUT2D eigenvalue weighted by Crippen LogP contribution is -2.02. The van der Waals surface area contributed by atoms with E-state index in [0.717, 1.165) is 4.90 Å². The predicted molar refractivity (Wildman–Crippen MR) is 54.6 cm³/mol. The zero-order chi connectivity index (χ0) is 9.84. The van der Waals surface area contributed by atoms with Gasteiger partial charge in [0.25, 0.3) is 0 Å². The van der Waals surface area contributed by atoms with E-state index in [1.165, 1.54) is 18.9 Å². The standard InChI is InChI=1S/C9H9ClO2S/c1-12-9(11)7-4-3-6(10)5-8(7)13-2/h3-5H,1-2H3. The van der Waals surface area contributed by atoms with Crippen molar-refractivity contribution in [3.05, 3.63) is 28.8 Å². The number of carbonyl (C=O) groups is 1. The molecule has 0 radical (unpaired) electrons. The third-order valence-corrected chi connectivity index (χ3v) is 2.58. The second-order valence-electron chi connectivity index (χ2n) is 2.34. The maximum atomic E-state index is 11.2. The molecule has 13 heavy (non-hydrogen) atoms. The number of halogens is 1. The van der Waals surface area contributed by atoms with Gasteiger partial charge in [0, 0.05) is 9.92 Å². The molecule has 0 bridgehead atoms. The second-order valence-corrected chi connectivity index (χ2v) is 3.62. The molecule has 0 aliphatic rings. The highest BCUT2D eigenvalue weighted by molar-refractivity contribution is 7.98. The van der Waals surface area contributed by atoms with Crippen LogP contribution in [0, 0.1) is 0 Å². The Balaban J connectivity index is 3.13. The molecule has 0 aliphatic carbocycles. The van der Waals surface area contributed by atoms with Gasteiger partial charge in [0.15, 0.2) is 0 Å². The summed E-state index contributed by atoms with van der Waals surface area (Å²) in [5.41, 5.74) is 0.555. The first kappa shape index (κ1) is 10.4. The predicted octanol–water partition coefficient (Wildman–Crippen LogP) is 2.85. The number of esters is 1. The molecular formula is C9H9ClO2S. The summed E-state index contributed by atoms with van der Waals surface area (Å²) in [4.78, 5) is 12.1. The van der Waals surface area contributed by atoms with Gasteiger partial charge < -0.3 is 4.74 Å². The molecule has 0 fully saturated rings. The molecule has 2 nitrogen and oxygen atoms in total. The van der Waals surface area contributed by atoms with E-state index in [4.69, 9.17) is 11.6 Å². The third kappa shape index (κ3) is 2.39. The molecule has 1 aromatic carbocycles. The fraction of sp³-hybridized carbons (Fsp3) is 0.222. The minimum atomic E-state index is -0.332. The molecule has 4 heteroatoms. The third-order valence-electron chi connectivity index (χ3n) is 1.57. The Morgan fingerprint density at radius 2 is 2.23 bits per heavy atom. The van der Waals surface area contributed by atoms with Crippen molar-refractivity contribution in [3.8, 4) is 0 Å². The first-order chi connectivity index (χ1) is 6.19. The summed E-state index contributed by atoms with van der Waals surface area (Å²) in [6, 6.07) is 5.09. The van der Waals surface area contributed by atoms with Crippen LogP contribution in [-0.4, -0.2) is 19.3 Å². The number of hydrogen-bond donors (Lipinski definition) is 0. The molecule has 1 aromatic rings. The first-order valence-corrected chi connectivity index (χ1v) is 5.21. The fourth-order valence-electron chi connectivity index (χ4n) is 0.944. The molecular weight excluding hydrogens is 208 g/mol. The molecule has 0 saturated heterocycles. The molecule has 0 amide bonds. The van der Waals surface area contributed by atoms with E-state index >= 15 is 0 Å². The Bertz CT molecular complexity index is 325. The van der Waals surface area contributed by atoms with Crippen LogP contribution >= 0.6 is 23.4 Å². The Morgan fingerprint density at radius 1 is 1.54 bits per heavy atom. The van der Waals surface area contributed by atoms with Crippen LogP contribution in [0.2, 0.25) is 5.02 Å². The SMILES string of the molecule is COC(=O)c1ccc(Cl)cc1SC. The lowest BCUT2D eigenvalue weighted by Gasteiger charge is -2.04. The number of rotatable bonds is 2. The van der Waals surface area contributed by atoms with Crippen molar-refractivity contribution in [2.75, 3.05) is 13.4 Å². The number of methoxy groups -OCH3 is 1. The summed E-state index contributed by atoms with van der Waals surface area (Å²) in [6.45, 7) is 0. The van der Waals surface area contributed by atoms with Gasteiger partial charge in [-0.3, -0.25) is 0 Å². The summed E-state index contributed by atoms with van der Waals surface area (Å²) < 4.78 is 4.62. The molecule has 0 aliphatic heterocycles. The van der Waals surface area contributed by atoms with Crippen molar-refractivity contribution < 1.29 is 9.53 Å². The minimum Gasteiger partial charge on any atom is -0.465 e. The number of hydrogen-bond acceptors (Lipinski definition) is 3. The maximum Gasteiger partial charge on any atom is 0.338 e. The topological polar surface area (TPSA) is 26.3 Å². The number of carbonyl (C=O) groups excluding carboxylic acids is 1. The van der Waals surface area contributed by atoms with Crippen molar-refractivity contribution >= 4 is 29.3 Å². The van der Waals surface area contributed by atoms with Gasteiger partial charge in [-0.1, -0.05) is 11.6 Å². The van der Waals surface area contributed by atoms with Crippen LogP contribution in [0.4, 0.5) is 0 Å². The van der Waals surface area contributed by atoms with Crippen LogP contribution in [0.15, 0.2) is 23.1 Å². The number of benzene rings is 1. The van der Waals surface area contributed by atoms with Crippen LogP contribution in [0.1, 0.15) is 10.4 Å². The highest BCUT2D eigenvalue weighted by Crippen LogP contribution is 2.24. The minimum absolute atomic E-state index is 0.332. The van der Waals surface area contributed by atoms with Crippen LogP contribution in [0.25, 0.3) is 0 Å². The fourth-order valence-corrected chi connectivity index (χ4v) is 1.80. The van der Waals surface area contributed by atoms with Crippen LogP contribution in [0.5, 0.6) is 0 Å². The molecule has 70 valence electrons. The van der Waals surface area contributed by atoms with E-state index in [1.54, 1.807) is 18.2 Å². The molecule has 0 atom stereocenters. The molecule has 0 heterocycles. The zero-order valence-corrected chi connectivity index (χ0v) is 8.91. The molecule has 0 spiro atoms. The highest BCUT2D eigenvalue weighted by atomic mass is 35.5. The lowest BCUT2D eigenvalue weighted by molar-refractivity contribution is 0.0597. The van der Waals surface area contributed by atoms with Crippen molar-refractivity contribution in [3.63, 3.8) is 0 Å². The van der Waals surface area contributed by atoms with Crippen molar-refractivity contribution in [1.82, 2.24) is 0 Å². The Labute approximate surface area is 86.2 Å². The molecule has 1 rings (SSSR count). The number of ether oxygens (including phenoxy) is 1. The van der Waals surface area contributed by atoms with Gasteiger partial charge in [-0.15, -0.1) is 11.8 Å². The van der Waals surface area contributed by atoms with Gasteiger partial charge in [-0.25, -0.2) is 4.79 Å². The highest BCUT2D eigenvalue weighted by Gasteiger charge is 2.10. The van der Waals surface area contributed by atoms with Gasteiger partial charge in [-0.05, 0) is 24.5 Å². The van der Waals surface area contributed by atoms with Crippen LogP contribution in [-0.2, 0) is 4.74 Å². The Kier molecular flexibility index (Phi) is 3.63. The van der Waals surface area contributed by atoms with E-state index < -0.39 is 0 Å². The van der Waals surface area contributed by atoms with Gasteiger partial charge in [0.2, 0.25) is 0 Å². The quantitative estimate of drug-likeness (QED) is 0.562. The molecule has 0 saturated carbocycles. The van der Waals surface area contributed by atoms with Crippen molar-refractivity contribution in [1.29, 1.82) is 0 Å². The van der Waals surface area contributed by atoms with E-state index in [-0.39, 0.29) is 5.97 Å². The van der Waals surface area contributed by atoms with Gasteiger partial charge in [0.1, 0.15) is 0 Å². The average molecular weight is 217 g/mol. The summed E-state index contributed by atoms with van der Waals surface area (Å²) in [5.74, 6) is -0.332. The second kappa shape index (κ2) is 4.53. The maximum absolute atomic E-state index is 11.2. The molecule has 0 unspecified atom stereocenters. The van der Waals surface area contributed by atoms with Gasteiger partial charge in [0.05, 0.1) is 12.7 Å². The Hall–Kier alpha value is -0.670.